The third-order valence-corrected chi connectivity index (χ3v) is 2.88. The van der Waals surface area contributed by atoms with E-state index in [1.54, 1.807) is 0 Å². The van der Waals surface area contributed by atoms with Gasteiger partial charge < -0.3 is 15.8 Å². The van der Waals surface area contributed by atoms with Crippen LogP contribution in [-0.2, 0) is 0 Å². The van der Waals surface area contributed by atoms with Gasteiger partial charge in [0, 0.05) is 12.1 Å². The first kappa shape index (κ1) is 14.8. The summed E-state index contributed by atoms with van der Waals surface area (Å²) in [5.74, 6) is -0.000595. The highest BCUT2D eigenvalue weighted by Crippen LogP contribution is 2.12. The molecule has 0 spiro atoms. The highest BCUT2D eigenvalue weighted by Gasteiger charge is 2.07. The van der Waals surface area contributed by atoms with Gasteiger partial charge in [-0.1, -0.05) is 18.2 Å². The van der Waals surface area contributed by atoms with Crippen LogP contribution in [0, 0.1) is 5.82 Å². The molecule has 0 aliphatic carbocycles. The minimum atomic E-state index is -0.525. The molecule has 2 aromatic carbocycles. The Labute approximate surface area is 122 Å². The number of halogens is 1. The predicted molar refractivity (Wildman–Crippen MR) is 79.7 cm³/mol. The standard InChI is InChI=1S/C16H17FN2O2/c17-14-8-7-12(11-15(14)18)16(20)19-9-4-10-21-13-5-2-1-3-6-13/h1-3,5-8,11H,4,9-10,18H2,(H,19,20). The topological polar surface area (TPSA) is 64.4 Å². The molecule has 21 heavy (non-hydrogen) atoms. The van der Waals surface area contributed by atoms with E-state index in [1.165, 1.54) is 18.2 Å². The van der Waals surface area contributed by atoms with Gasteiger partial charge in [-0.05, 0) is 36.8 Å². The Bertz CT molecular complexity index is 602. The lowest BCUT2D eigenvalue weighted by Crippen LogP contribution is -2.25. The van der Waals surface area contributed by atoms with Gasteiger partial charge >= 0.3 is 0 Å². The summed E-state index contributed by atoms with van der Waals surface area (Å²) in [6.45, 7) is 0.985. The third kappa shape index (κ3) is 4.49. The van der Waals surface area contributed by atoms with Crippen LogP contribution in [0.3, 0.4) is 0 Å². The summed E-state index contributed by atoms with van der Waals surface area (Å²) in [5, 5.41) is 2.73. The van der Waals surface area contributed by atoms with Crippen molar-refractivity contribution in [3.8, 4) is 5.75 Å². The molecule has 0 saturated carbocycles. The zero-order valence-corrected chi connectivity index (χ0v) is 11.5. The predicted octanol–water partition coefficient (Wildman–Crippen LogP) is 2.61. The number of anilines is 1. The number of carbonyl (C=O) groups excluding carboxylic acids is 1. The first-order chi connectivity index (χ1) is 10.2. The van der Waals surface area contributed by atoms with Gasteiger partial charge in [0.1, 0.15) is 11.6 Å². The van der Waals surface area contributed by atoms with E-state index in [-0.39, 0.29) is 11.6 Å². The molecule has 1 amide bonds. The number of para-hydroxylation sites is 1. The second-order valence-corrected chi connectivity index (χ2v) is 4.51. The fourth-order valence-electron chi connectivity index (χ4n) is 1.77. The van der Waals surface area contributed by atoms with Crippen molar-refractivity contribution in [2.45, 2.75) is 6.42 Å². The molecule has 0 bridgehead atoms. The Morgan fingerprint density at radius 3 is 2.67 bits per heavy atom. The van der Waals surface area contributed by atoms with Crippen molar-refractivity contribution in [2.75, 3.05) is 18.9 Å². The number of nitrogen functional groups attached to an aromatic ring is 1. The van der Waals surface area contributed by atoms with E-state index in [1.807, 2.05) is 30.3 Å². The van der Waals surface area contributed by atoms with Gasteiger partial charge in [0.25, 0.3) is 5.91 Å². The number of amides is 1. The van der Waals surface area contributed by atoms with Crippen LogP contribution in [0.25, 0.3) is 0 Å². The van der Waals surface area contributed by atoms with E-state index in [0.29, 0.717) is 25.1 Å². The van der Waals surface area contributed by atoms with Crippen LogP contribution in [-0.4, -0.2) is 19.1 Å². The molecule has 0 aliphatic rings. The SMILES string of the molecule is Nc1cc(C(=O)NCCCOc2ccccc2)ccc1F. The Balaban J connectivity index is 1.71. The lowest BCUT2D eigenvalue weighted by atomic mass is 10.2. The maximum atomic E-state index is 13.0. The molecule has 0 fully saturated rings. The Kier molecular flexibility index (Phi) is 5.15. The smallest absolute Gasteiger partial charge is 0.251 e. The van der Waals surface area contributed by atoms with Crippen molar-refractivity contribution < 1.29 is 13.9 Å². The van der Waals surface area contributed by atoms with Crippen LogP contribution < -0.4 is 15.8 Å². The summed E-state index contributed by atoms with van der Waals surface area (Å²) in [6.07, 6.45) is 0.678. The summed E-state index contributed by atoms with van der Waals surface area (Å²) in [7, 11) is 0. The average Bonchev–Trinajstić information content (AvgIpc) is 2.50. The second-order valence-electron chi connectivity index (χ2n) is 4.51. The van der Waals surface area contributed by atoms with Gasteiger partial charge in [-0.3, -0.25) is 4.79 Å². The molecular formula is C16H17FN2O2. The normalized spacial score (nSPS) is 10.1. The van der Waals surface area contributed by atoms with E-state index in [0.717, 1.165) is 5.75 Å². The van der Waals surface area contributed by atoms with Crippen LogP contribution >= 0.6 is 0 Å². The van der Waals surface area contributed by atoms with Crippen molar-refractivity contribution in [3.05, 3.63) is 59.9 Å². The number of nitrogens with two attached hydrogens (primary N) is 1. The van der Waals surface area contributed by atoms with Crippen molar-refractivity contribution in [1.82, 2.24) is 5.32 Å². The number of carbonyl (C=O) groups is 1. The van der Waals surface area contributed by atoms with E-state index < -0.39 is 5.82 Å². The van der Waals surface area contributed by atoms with Crippen LogP contribution in [0.1, 0.15) is 16.8 Å². The molecule has 2 rings (SSSR count). The third-order valence-electron chi connectivity index (χ3n) is 2.88. The van der Waals surface area contributed by atoms with Crippen molar-refractivity contribution in [3.63, 3.8) is 0 Å². The zero-order chi connectivity index (χ0) is 15.1. The lowest BCUT2D eigenvalue weighted by Gasteiger charge is -2.08. The van der Waals surface area contributed by atoms with Crippen LogP contribution in [0.15, 0.2) is 48.5 Å². The maximum Gasteiger partial charge on any atom is 0.251 e. The van der Waals surface area contributed by atoms with Crippen molar-refractivity contribution >= 4 is 11.6 Å². The molecule has 110 valence electrons. The Morgan fingerprint density at radius 1 is 1.19 bits per heavy atom. The minimum absolute atomic E-state index is 0.0324. The van der Waals surface area contributed by atoms with Gasteiger partial charge in [-0.15, -0.1) is 0 Å². The van der Waals surface area contributed by atoms with Crippen LogP contribution in [0.4, 0.5) is 10.1 Å². The quantitative estimate of drug-likeness (QED) is 0.634. The van der Waals surface area contributed by atoms with E-state index in [2.05, 4.69) is 5.32 Å². The summed E-state index contributed by atoms with van der Waals surface area (Å²) in [5.41, 5.74) is 5.74. The molecule has 3 N–H and O–H groups in total. The molecule has 0 saturated heterocycles. The summed E-state index contributed by atoms with van der Waals surface area (Å²) < 4.78 is 18.5. The average molecular weight is 288 g/mol. The van der Waals surface area contributed by atoms with Crippen molar-refractivity contribution in [1.29, 1.82) is 0 Å². The minimum Gasteiger partial charge on any atom is -0.494 e. The molecule has 5 heteroatoms. The van der Waals surface area contributed by atoms with E-state index >= 15 is 0 Å². The van der Waals surface area contributed by atoms with Gasteiger partial charge in [-0.25, -0.2) is 4.39 Å². The highest BCUT2D eigenvalue weighted by atomic mass is 19.1. The largest absolute Gasteiger partial charge is 0.494 e. The van der Waals surface area contributed by atoms with Gasteiger partial charge in [0.15, 0.2) is 0 Å². The Morgan fingerprint density at radius 2 is 1.95 bits per heavy atom. The van der Waals surface area contributed by atoms with Gasteiger partial charge in [0.2, 0.25) is 0 Å². The molecule has 0 aromatic heterocycles. The van der Waals surface area contributed by atoms with Gasteiger partial charge in [0.05, 0.1) is 12.3 Å². The van der Waals surface area contributed by atoms with Crippen LogP contribution in [0.2, 0.25) is 0 Å². The zero-order valence-electron chi connectivity index (χ0n) is 11.5. The molecule has 2 aromatic rings. The van der Waals surface area contributed by atoms with Gasteiger partial charge in [-0.2, -0.15) is 0 Å². The second kappa shape index (κ2) is 7.28. The fraction of sp³-hybridized carbons (Fsp3) is 0.188. The summed E-state index contributed by atoms with van der Waals surface area (Å²) in [6, 6.07) is 13.4. The summed E-state index contributed by atoms with van der Waals surface area (Å²) >= 11 is 0. The molecule has 0 unspecified atom stereocenters. The first-order valence-electron chi connectivity index (χ1n) is 6.68. The maximum absolute atomic E-state index is 13.0. The first-order valence-corrected chi connectivity index (χ1v) is 6.68. The molecule has 4 nitrogen and oxygen atoms in total. The number of hydrogen-bond donors (Lipinski definition) is 2. The molecule has 0 atom stereocenters. The number of ether oxygens (including phenoxy) is 1. The number of rotatable bonds is 6. The molecule has 0 heterocycles. The number of benzene rings is 2. The number of nitrogens with one attached hydrogen (secondary N) is 1. The fourth-order valence-corrected chi connectivity index (χ4v) is 1.77. The molecular weight excluding hydrogens is 271 g/mol. The molecule has 0 radical (unpaired) electrons. The Hall–Kier alpha value is -2.56. The highest BCUT2D eigenvalue weighted by molar-refractivity contribution is 5.94. The van der Waals surface area contributed by atoms with E-state index in [9.17, 15) is 9.18 Å². The monoisotopic (exact) mass is 288 g/mol. The van der Waals surface area contributed by atoms with E-state index in [4.69, 9.17) is 10.5 Å². The van der Waals surface area contributed by atoms with Crippen molar-refractivity contribution in [2.24, 2.45) is 0 Å². The summed E-state index contributed by atoms with van der Waals surface area (Å²) in [4.78, 5) is 11.8. The van der Waals surface area contributed by atoms with Crippen LogP contribution in [0.5, 0.6) is 5.75 Å². The molecule has 0 aliphatic heterocycles. The lowest BCUT2D eigenvalue weighted by molar-refractivity contribution is 0.0951. The number of hydrogen-bond acceptors (Lipinski definition) is 3.